The quantitative estimate of drug-likeness (QED) is 0.633. The second kappa shape index (κ2) is 9.03. The van der Waals surface area contributed by atoms with Gasteiger partial charge in [-0.2, -0.15) is 0 Å². The number of ether oxygens (including phenoxy) is 1. The van der Waals surface area contributed by atoms with Crippen molar-refractivity contribution in [3.63, 3.8) is 0 Å². The number of pyridine rings is 1. The van der Waals surface area contributed by atoms with Crippen LogP contribution in [0.15, 0.2) is 36.7 Å². The van der Waals surface area contributed by atoms with Crippen LogP contribution in [-0.4, -0.2) is 24.2 Å². The van der Waals surface area contributed by atoms with E-state index >= 15 is 0 Å². The van der Waals surface area contributed by atoms with E-state index in [1.165, 1.54) is 24.0 Å². The summed E-state index contributed by atoms with van der Waals surface area (Å²) in [6.45, 7) is 6.66. The zero-order chi connectivity index (χ0) is 20.3. The minimum absolute atomic E-state index is 0.235. The summed E-state index contributed by atoms with van der Waals surface area (Å²) in [5.41, 5.74) is 5.05. The average Bonchev–Trinajstić information content (AvgIpc) is 2.95. The van der Waals surface area contributed by atoms with Crippen LogP contribution in [0.1, 0.15) is 62.4 Å². The summed E-state index contributed by atoms with van der Waals surface area (Å²) in [5.74, 6) is 0. The number of halogens is 1. The molecule has 2 atom stereocenters. The second-order valence-electron chi connectivity index (χ2n) is 9.14. The van der Waals surface area contributed by atoms with Gasteiger partial charge in [0.1, 0.15) is 0 Å². The van der Waals surface area contributed by atoms with Crippen LogP contribution in [0.25, 0.3) is 0 Å². The highest BCUT2D eigenvalue weighted by Gasteiger charge is 2.31. The smallest absolute Gasteiger partial charge is 0.155 e. The fourth-order valence-electron chi connectivity index (χ4n) is 4.70. The van der Waals surface area contributed by atoms with Gasteiger partial charge in [0.05, 0.1) is 16.8 Å². The van der Waals surface area contributed by atoms with Crippen molar-refractivity contribution in [1.29, 1.82) is 0 Å². The lowest BCUT2D eigenvalue weighted by atomic mass is 9.76. The lowest BCUT2D eigenvalue weighted by Crippen LogP contribution is -2.31. The number of hydrogen-bond donors (Lipinski definition) is 2. The van der Waals surface area contributed by atoms with Crippen LogP contribution in [0.2, 0.25) is 5.02 Å². The molecule has 1 aliphatic heterocycles. The van der Waals surface area contributed by atoms with Crippen molar-refractivity contribution < 1.29 is 4.74 Å². The molecule has 2 N–H and O–H groups in total. The molecule has 0 bridgehead atoms. The summed E-state index contributed by atoms with van der Waals surface area (Å²) in [5, 5.41) is 7.92. The third kappa shape index (κ3) is 5.11. The first kappa shape index (κ1) is 20.6. The summed E-state index contributed by atoms with van der Waals surface area (Å²) in [4.78, 5) is 4.33. The summed E-state index contributed by atoms with van der Waals surface area (Å²) in [7, 11) is 0. The van der Waals surface area contributed by atoms with Gasteiger partial charge in [-0.1, -0.05) is 44.0 Å². The SMILES string of the molecule is CC1(C)CCCC(OC(Nc2c(Cl)ccc3c2CCNCC3)c2cccnc2)C1. The van der Waals surface area contributed by atoms with E-state index in [0.29, 0.717) is 5.41 Å². The standard InChI is InChI=1S/C24H32ClN3O/c1-24(2)11-3-6-19(15-24)29-23(18-5-4-12-27-16-18)28-22-20-10-14-26-13-9-17(20)7-8-21(22)25/h4-5,7-8,12,16,19,23,26,28H,3,6,9-11,13-15H2,1-2H3. The van der Waals surface area contributed by atoms with Crippen molar-refractivity contribution in [3.8, 4) is 0 Å². The zero-order valence-corrected chi connectivity index (χ0v) is 18.3. The number of aromatic nitrogens is 1. The second-order valence-corrected chi connectivity index (χ2v) is 9.55. The van der Waals surface area contributed by atoms with Crippen LogP contribution in [0.4, 0.5) is 5.69 Å². The maximum absolute atomic E-state index is 6.68. The van der Waals surface area contributed by atoms with E-state index in [4.69, 9.17) is 16.3 Å². The van der Waals surface area contributed by atoms with Gasteiger partial charge in [-0.25, -0.2) is 0 Å². The molecule has 0 saturated heterocycles. The van der Waals surface area contributed by atoms with Crippen molar-refractivity contribution in [3.05, 3.63) is 58.4 Å². The van der Waals surface area contributed by atoms with Crippen LogP contribution in [0.5, 0.6) is 0 Å². The first-order chi connectivity index (χ1) is 14.0. The zero-order valence-electron chi connectivity index (χ0n) is 17.5. The predicted octanol–water partition coefficient (Wildman–Crippen LogP) is 5.52. The monoisotopic (exact) mass is 413 g/mol. The molecule has 1 fully saturated rings. The van der Waals surface area contributed by atoms with Crippen molar-refractivity contribution >= 4 is 17.3 Å². The molecule has 29 heavy (non-hydrogen) atoms. The predicted molar refractivity (Wildman–Crippen MR) is 119 cm³/mol. The summed E-state index contributed by atoms with van der Waals surface area (Å²) >= 11 is 6.68. The number of hydrogen-bond acceptors (Lipinski definition) is 4. The Kier molecular flexibility index (Phi) is 6.43. The molecule has 1 aliphatic carbocycles. The van der Waals surface area contributed by atoms with Gasteiger partial charge in [-0.05, 0) is 73.9 Å². The third-order valence-corrected chi connectivity index (χ3v) is 6.55. The molecule has 0 spiro atoms. The van der Waals surface area contributed by atoms with E-state index in [1.54, 1.807) is 6.20 Å². The molecule has 156 valence electrons. The molecule has 0 amide bonds. The number of rotatable bonds is 5. The summed E-state index contributed by atoms with van der Waals surface area (Å²) in [6.07, 6.45) is 10.3. The van der Waals surface area contributed by atoms with E-state index in [9.17, 15) is 0 Å². The molecule has 5 heteroatoms. The highest BCUT2D eigenvalue weighted by molar-refractivity contribution is 6.33. The molecule has 1 aromatic heterocycles. The van der Waals surface area contributed by atoms with E-state index in [-0.39, 0.29) is 12.3 Å². The molecule has 2 heterocycles. The van der Waals surface area contributed by atoms with Crippen molar-refractivity contribution in [2.45, 2.75) is 64.7 Å². The van der Waals surface area contributed by atoms with Gasteiger partial charge >= 0.3 is 0 Å². The largest absolute Gasteiger partial charge is 0.355 e. The maximum atomic E-state index is 6.68. The van der Waals surface area contributed by atoms with Crippen LogP contribution >= 0.6 is 11.6 Å². The van der Waals surface area contributed by atoms with Gasteiger partial charge in [0, 0.05) is 18.0 Å². The fourth-order valence-corrected chi connectivity index (χ4v) is 4.93. The Morgan fingerprint density at radius 1 is 1.24 bits per heavy atom. The molecule has 1 aromatic carbocycles. The number of nitrogens with one attached hydrogen (secondary N) is 2. The van der Waals surface area contributed by atoms with Gasteiger partial charge in [0.25, 0.3) is 0 Å². The first-order valence-electron chi connectivity index (χ1n) is 10.8. The fraction of sp³-hybridized carbons (Fsp3) is 0.542. The molecule has 1 saturated carbocycles. The molecule has 0 radical (unpaired) electrons. The maximum Gasteiger partial charge on any atom is 0.155 e. The Labute approximate surface area is 179 Å². The van der Waals surface area contributed by atoms with Crippen LogP contribution in [-0.2, 0) is 17.6 Å². The normalized spacial score (nSPS) is 22.4. The van der Waals surface area contributed by atoms with Crippen molar-refractivity contribution in [1.82, 2.24) is 10.3 Å². The van der Waals surface area contributed by atoms with E-state index in [1.807, 2.05) is 18.3 Å². The number of anilines is 1. The van der Waals surface area contributed by atoms with Gasteiger partial charge in [-0.3, -0.25) is 4.98 Å². The van der Waals surface area contributed by atoms with E-state index < -0.39 is 0 Å². The van der Waals surface area contributed by atoms with Gasteiger partial charge in [0.15, 0.2) is 6.23 Å². The number of benzene rings is 1. The topological polar surface area (TPSA) is 46.2 Å². The van der Waals surface area contributed by atoms with Crippen LogP contribution in [0, 0.1) is 5.41 Å². The molecular formula is C24H32ClN3O. The number of fused-ring (bicyclic) bond motifs is 1. The van der Waals surface area contributed by atoms with E-state index in [0.717, 1.165) is 55.0 Å². The Hall–Kier alpha value is -1.62. The Balaban J connectivity index is 1.63. The van der Waals surface area contributed by atoms with Crippen molar-refractivity contribution in [2.75, 3.05) is 18.4 Å². The van der Waals surface area contributed by atoms with Crippen LogP contribution in [0.3, 0.4) is 0 Å². The van der Waals surface area contributed by atoms with E-state index in [2.05, 4.69) is 41.6 Å². The van der Waals surface area contributed by atoms with Crippen molar-refractivity contribution in [2.24, 2.45) is 5.41 Å². The lowest BCUT2D eigenvalue weighted by Gasteiger charge is -2.37. The first-order valence-corrected chi connectivity index (χ1v) is 11.2. The highest BCUT2D eigenvalue weighted by atomic mass is 35.5. The molecule has 2 aromatic rings. The minimum atomic E-state index is -0.261. The Morgan fingerprint density at radius 2 is 2.10 bits per heavy atom. The highest BCUT2D eigenvalue weighted by Crippen LogP contribution is 2.39. The van der Waals surface area contributed by atoms with Crippen LogP contribution < -0.4 is 10.6 Å². The summed E-state index contributed by atoms with van der Waals surface area (Å²) in [6, 6.07) is 8.22. The number of nitrogens with zero attached hydrogens (tertiary/aromatic N) is 1. The van der Waals surface area contributed by atoms with Gasteiger partial charge in [0.2, 0.25) is 0 Å². The van der Waals surface area contributed by atoms with Gasteiger partial charge in [-0.15, -0.1) is 0 Å². The molecular weight excluding hydrogens is 382 g/mol. The Morgan fingerprint density at radius 3 is 2.90 bits per heavy atom. The lowest BCUT2D eigenvalue weighted by molar-refractivity contribution is -0.0437. The minimum Gasteiger partial charge on any atom is -0.355 e. The summed E-state index contributed by atoms with van der Waals surface area (Å²) < 4.78 is 6.67. The molecule has 4 rings (SSSR count). The average molecular weight is 414 g/mol. The molecule has 2 aliphatic rings. The molecule has 4 nitrogen and oxygen atoms in total. The molecule has 2 unspecified atom stereocenters. The third-order valence-electron chi connectivity index (χ3n) is 6.23. The Bertz CT molecular complexity index is 824. The van der Waals surface area contributed by atoms with Gasteiger partial charge < -0.3 is 15.4 Å².